The van der Waals surface area contributed by atoms with E-state index in [0.29, 0.717) is 17.1 Å². The summed E-state index contributed by atoms with van der Waals surface area (Å²) in [5, 5.41) is 5.57. The van der Waals surface area contributed by atoms with Crippen LogP contribution in [0.1, 0.15) is 5.69 Å². The Hall–Kier alpha value is -4.20. The van der Waals surface area contributed by atoms with E-state index in [1.165, 1.54) is 9.80 Å². The first-order chi connectivity index (χ1) is 15.1. The summed E-state index contributed by atoms with van der Waals surface area (Å²) in [4.78, 5) is 45.1. The van der Waals surface area contributed by atoms with Gasteiger partial charge in [0, 0.05) is 11.9 Å². The van der Waals surface area contributed by atoms with Gasteiger partial charge in [-0.25, -0.2) is 4.79 Å². The quantitative estimate of drug-likeness (QED) is 0.670. The minimum Gasteiger partial charge on any atom is -0.349 e. The van der Waals surface area contributed by atoms with Gasteiger partial charge in [-0.15, -0.1) is 0 Å². The Morgan fingerprint density at radius 3 is 2.35 bits per heavy atom. The number of urea groups is 1. The molecule has 31 heavy (non-hydrogen) atoms. The number of hydrogen-bond donors (Lipinski definition) is 2. The first kappa shape index (κ1) is 20.1. The molecule has 8 heteroatoms. The highest BCUT2D eigenvalue weighted by Gasteiger charge is 2.33. The third-order valence-electron chi connectivity index (χ3n) is 4.82. The van der Waals surface area contributed by atoms with Gasteiger partial charge in [0.05, 0.1) is 23.6 Å². The molecule has 0 radical (unpaired) electrons. The zero-order chi connectivity index (χ0) is 21.6. The fourth-order valence-electron chi connectivity index (χ4n) is 3.32. The van der Waals surface area contributed by atoms with E-state index in [9.17, 15) is 14.4 Å². The van der Waals surface area contributed by atoms with Gasteiger partial charge in [0.15, 0.2) is 0 Å². The van der Waals surface area contributed by atoms with Gasteiger partial charge < -0.3 is 10.6 Å². The molecule has 156 valence electrons. The first-order valence-corrected chi connectivity index (χ1v) is 9.81. The summed E-state index contributed by atoms with van der Waals surface area (Å²) in [5.74, 6) is -0.647. The largest absolute Gasteiger partial charge is 0.349 e. The van der Waals surface area contributed by atoms with Gasteiger partial charge in [-0.3, -0.25) is 24.4 Å². The molecule has 0 saturated carbocycles. The van der Waals surface area contributed by atoms with Crippen molar-refractivity contribution in [2.24, 2.45) is 0 Å². The monoisotopic (exact) mass is 415 g/mol. The van der Waals surface area contributed by atoms with Crippen molar-refractivity contribution in [3.05, 3.63) is 84.7 Å². The van der Waals surface area contributed by atoms with Crippen molar-refractivity contribution in [2.45, 2.75) is 6.54 Å². The fourth-order valence-corrected chi connectivity index (χ4v) is 3.32. The van der Waals surface area contributed by atoms with Crippen molar-refractivity contribution in [3.63, 3.8) is 0 Å². The van der Waals surface area contributed by atoms with Crippen LogP contribution >= 0.6 is 0 Å². The zero-order valence-corrected chi connectivity index (χ0v) is 16.7. The Morgan fingerprint density at radius 2 is 1.61 bits per heavy atom. The van der Waals surface area contributed by atoms with Crippen LogP contribution in [0.4, 0.5) is 21.9 Å². The minimum atomic E-state index is -0.411. The van der Waals surface area contributed by atoms with Gasteiger partial charge in [-0.1, -0.05) is 36.4 Å². The Bertz CT molecular complexity index is 1090. The van der Waals surface area contributed by atoms with Gasteiger partial charge in [-0.2, -0.15) is 0 Å². The predicted octanol–water partition coefficient (Wildman–Crippen LogP) is 2.78. The number of hydrogen-bond acceptors (Lipinski definition) is 4. The highest BCUT2D eigenvalue weighted by Crippen LogP contribution is 2.33. The molecule has 4 amide bonds. The topological polar surface area (TPSA) is 94.6 Å². The minimum absolute atomic E-state index is 0.142. The number of rotatable bonds is 5. The Balaban J connectivity index is 1.48. The van der Waals surface area contributed by atoms with Crippen LogP contribution < -0.4 is 20.4 Å². The van der Waals surface area contributed by atoms with E-state index in [1.54, 1.807) is 48.7 Å². The average Bonchev–Trinajstić information content (AvgIpc) is 2.80. The molecule has 2 N–H and O–H groups in total. The fraction of sp³-hybridized carbons (Fsp3) is 0.130. The summed E-state index contributed by atoms with van der Waals surface area (Å²) in [6.45, 7) is -0.0328. The molecule has 0 fully saturated rings. The molecule has 4 rings (SSSR count). The molecule has 0 spiro atoms. The molecule has 1 aliphatic heterocycles. The van der Waals surface area contributed by atoms with Crippen molar-refractivity contribution in [2.75, 3.05) is 28.2 Å². The van der Waals surface area contributed by atoms with Crippen molar-refractivity contribution in [1.82, 2.24) is 10.3 Å². The number of nitrogens with one attached hydrogen (secondary N) is 2. The molecule has 2 heterocycles. The lowest BCUT2D eigenvalue weighted by Crippen LogP contribution is -2.52. The number of amides is 4. The Kier molecular flexibility index (Phi) is 5.89. The molecular weight excluding hydrogens is 394 g/mol. The predicted molar refractivity (Wildman–Crippen MR) is 118 cm³/mol. The van der Waals surface area contributed by atoms with Crippen molar-refractivity contribution < 1.29 is 14.4 Å². The number of carbonyl (C=O) groups excluding carboxylic acids is 3. The van der Waals surface area contributed by atoms with Crippen LogP contribution in [0.15, 0.2) is 79.0 Å². The molecule has 1 aliphatic rings. The van der Waals surface area contributed by atoms with Crippen LogP contribution in [0.2, 0.25) is 0 Å². The number of carbonyl (C=O) groups is 3. The van der Waals surface area contributed by atoms with Crippen molar-refractivity contribution in [1.29, 1.82) is 0 Å². The third-order valence-corrected chi connectivity index (χ3v) is 4.82. The summed E-state index contributed by atoms with van der Waals surface area (Å²) in [7, 11) is 0. The summed E-state index contributed by atoms with van der Waals surface area (Å²) >= 11 is 0. The second kappa shape index (κ2) is 9.08. The summed E-state index contributed by atoms with van der Waals surface area (Å²) in [6.07, 6.45) is 1.65. The molecule has 0 aliphatic carbocycles. The highest BCUT2D eigenvalue weighted by molar-refractivity contribution is 6.14. The summed E-state index contributed by atoms with van der Waals surface area (Å²) in [6, 6.07) is 21.1. The molecule has 1 aromatic heterocycles. The van der Waals surface area contributed by atoms with E-state index < -0.39 is 6.03 Å². The van der Waals surface area contributed by atoms with Gasteiger partial charge in [-0.05, 0) is 36.4 Å². The molecule has 0 saturated heterocycles. The number of fused-ring (bicyclic) bond motifs is 1. The van der Waals surface area contributed by atoms with E-state index in [0.717, 1.165) is 5.69 Å². The maximum Gasteiger partial charge on any atom is 0.326 e. The smallest absolute Gasteiger partial charge is 0.326 e. The molecule has 2 aromatic carbocycles. The lowest BCUT2D eigenvalue weighted by molar-refractivity contribution is -0.123. The number of aromatic nitrogens is 1. The number of anilines is 3. The van der Waals surface area contributed by atoms with Gasteiger partial charge in [0.25, 0.3) is 0 Å². The van der Waals surface area contributed by atoms with Crippen LogP contribution in [0, 0.1) is 0 Å². The molecule has 0 bridgehead atoms. The van der Waals surface area contributed by atoms with E-state index >= 15 is 0 Å². The van der Waals surface area contributed by atoms with Crippen LogP contribution in [0.5, 0.6) is 0 Å². The molecule has 3 aromatic rings. The van der Waals surface area contributed by atoms with E-state index in [1.807, 2.05) is 30.3 Å². The molecule has 8 nitrogen and oxygen atoms in total. The second-order valence-electron chi connectivity index (χ2n) is 6.95. The SMILES string of the molecule is O=C(CN1C(=O)CN(C(=O)Nc2ccccc2)c2ccccc21)NCc1ccccn1. The lowest BCUT2D eigenvalue weighted by Gasteiger charge is -2.35. The maximum absolute atomic E-state index is 12.8. The second-order valence-corrected chi connectivity index (χ2v) is 6.95. The first-order valence-electron chi connectivity index (χ1n) is 9.81. The standard InChI is InChI=1S/C23H21N5O3/c29-21(25-14-18-10-6-7-13-24-18)15-27-19-11-4-5-12-20(19)28(16-22(27)30)23(31)26-17-8-2-1-3-9-17/h1-13H,14-16H2,(H,25,29)(H,26,31). The van der Waals surface area contributed by atoms with E-state index in [2.05, 4.69) is 15.6 Å². The zero-order valence-electron chi connectivity index (χ0n) is 16.7. The molecular formula is C23H21N5O3. The number of pyridine rings is 1. The van der Waals surface area contributed by atoms with Crippen LogP contribution in [0.3, 0.4) is 0 Å². The van der Waals surface area contributed by atoms with Gasteiger partial charge in [0.1, 0.15) is 13.1 Å². The Labute approximate surface area is 179 Å². The van der Waals surface area contributed by atoms with Crippen LogP contribution in [-0.4, -0.2) is 35.9 Å². The van der Waals surface area contributed by atoms with Crippen LogP contribution in [0.25, 0.3) is 0 Å². The molecule has 0 unspecified atom stereocenters. The highest BCUT2D eigenvalue weighted by atomic mass is 16.2. The third kappa shape index (κ3) is 4.69. The van der Waals surface area contributed by atoms with E-state index in [4.69, 9.17) is 0 Å². The molecule has 0 atom stereocenters. The summed E-state index contributed by atoms with van der Waals surface area (Å²) < 4.78 is 0. The van der Waals surface area contributed by atoms with Crippen molar-refractivity contribution >= 4 is 34.9 Å². The number of nitrogens with zero attached hydrogens (tertiary/aromatic N) is 3. The van der Waals surface area contributed by atoms with Gasteiger partial charge in [0.2, 0.25) is 11.8 Å². The number of benzene rings is 2. The van der Waals surface area contributed by atoms with Gasteiger partial charge >= 0.3 is 6.03 Å². The summed E-state index contributed by atoms with van der Waals surface area (Å²) in [5.41, 5.74) is 2.43. The van der Waals surface area contributed by atoms with Crippen LogP contribution in [-0.2, 0) is 16.1 Å². The Morgan fingerprint density at radius 1 is 0.903 bits per heavy atom. The van der Waals surface area contributed by atoms with Crippen molar-refractivity contribution in [3.8, 4) is 0 Å². The number of para-hydroxylation sites is 3. The normalized spacial score (nSPS) is 12.8. The maximum atomic E-state index is 12.8. The average molecular weight is 415 g/mol. The lowest BCUT2D eigenvalue weighted by atomic mass is 10.1. The van der Waals surface area contributed by atoms with E-state index in [-0.39, 0.29) is 31.4 Å².